The number of benzene rings is 1. The molecule has 2 fully saturated rings. The molecule has 1 unspecified atom stereocenters. The van der Waals surface area contributed by atoms with E-state index >= 15 is 0 Å². The van der Waals surface area contributed by atoms with Crippen molar-refractivity contribution in [2.45, 2.75) is 45.1 Å². The van der Waals surface area contributed by atoms with Crippen molar-refractivity contribution in [3.05, 3.63) is 27.7 Å². The third-order valence-corrected chi connectivity index (χ3v) is 5.70. The van der Waals surface area contributed by atoms with E-state index in [2.05, 4.69) is 10.2 Å². The third-order valence-electron chi connectivity index (χ3n) is 4.99. The van der Waals surface area contributed by atoms with E-state index in [4.69, 9.17) is 23.2 Å². The number of hydrogen-bond acceptors (Lipinski definition) is 2. The van der Waals surface area contributed by atoms with Crippen LogP contribution in [-0.2, 0) is 0 Å². The Bertz CT molecular complexity index is 498. The minimum absolute atomic E-state index is 0.593. The van der Waals surface area contributed by atoms with Gasteiger partial charge in [0, 0.05) is 30.7 Å². The Labute approximate surface area is 137 Å². The number of piperazine rings is 1. The third kappa shape index (κ3) is 3.49. The predicted octanol–water partition coefficient (Wildman–Crippen LogP) is 4.66. The van der Waals surface area contributed by atoms with Crippen molar-refractivity contribution in [3.8, 4) is 0 Å². The molecule has 1 aliphatic heterocycles. The summed E-state index contributed by atoms with van der Waals surface area (Å²) in [5, 5.41) is 5.34. The molecule has 1 aromatic rings. The van der Waals surface area contributed by atoms with Crippen LogP contribution in [0.25, 0.3) is 0 Å². The SMILES string of the molecule is Cc1cc(Cl)c(N2CCNC(C3CCCCC3)C2)cc1Cl. The van der Waals surface area contributed by atoms with Gasteiger partial charge in [0.25, 0.3) is 0 Å². The lowest BCUT2D eigenvalue weighted by Crippen LogP contribution is -2.54. The van der Waals surface area contributed by atoms with Crippen LogP contribution < -0.4 is 10.2 Å². The number of nitrogens with zero attached hydrogens (tertiary/aromatic N) is 1. The second kappa shape index (κ2) is 6.76. The lowest BCUT2D eigenvalue weighted by atomic mass is 9.83. The fourth-order valence-electron chi connectivity index (χ4n) is 3.73. The number of nitrogens with one attached hydrogen (secondary N) is 1. The van der Waals surface area contributed by atoms with Gasteiger partial charge in [-0.2, -0.15) is 0 Å². The van der Waals surface area contributed by atoms with Gasteiger partial charge in [0.05, 0.1) is 10.7 Å². The summed E-state index contributed by atoms with van der Waals surface area (Å²) in [5.74, 6) is 0.821. The van der Waals surface area contributed by atoms with Gasteiger partial charge in [-0.3, -0.25) is 0 Å². The molecule has 0 bridgehead atoms. The van der Waals surface area contributed by atoms with E-state index in [0.29, 0.717) is 6.04 Å². The summed E-state index contributed by atoms with van der Waals surface area (Å²) in [4.78, 5) is 2.41. The van der Waals surface area contributed by atoms with E-state index < -0.39 is 0 Å². The smallest absolute Gasteiger partial charge is 0.0643 e. The normalized spacial score (nSPS) is 24.3. The molecule has 21 heavy (non-hydrogen) atoms. The molecule has 2 nitrogen and oxygen atoms in total. The Morgan fingerprint density at radius 2 is 1.86 bits per heavy atom. The molecule has 116 valence electrons. The number of halogens is 2. The topological polar surface area (TPSA) is 15.3 Å². The highest BCUT2D eigenvalue weighted by molar-refractivity contribution is 6.35. The molecule has 1 atom stereocenters. The summed E-state index contributed by atoms with van der Waals surface area (Å²) in [6, 6.07) is 4.61. The quantitative estimate of drug-likeness (QED) is 0.850. The zero-order valence-electron chi connectivity index (χ0n) is 12.7. The minimum atomic E-state index is 0.593. The maximum atomic E-state index is 6.45. The first kappa shape index (κ1) is 15.5. The van der Waals surface area contributed by atoms with Crippen LogP contribution in [0, 0.1) is 12.8 Å². The van der Waals surface area contributed by atoms with Crippen LogP contribution in [0.3, 0.4) is 0 Å². The second-order valence-electron chi connectivity index (χ2n) is 6.46. The molecule has 1 heterocycles. The predicted molar refractivity (Wildman–Crippen MR) is 91.8 cm³/mol. The number of aryl methyl sites for hydroxylation is 1. The summed E-state index contributed by atoms with van der Waals surface area (Å²) >= 11 is 12.7. The summed E-state index contributed by atoms with van der Waals surface area (Å²) in [6.07, 6.45) is 6.92. The monoisotopic (exact) mass is 326 g/mol. The van der Waals surface area contributed by atoms with Crippen LogP contribution >= 0.6 is 23.2 Å². The number of rotatable bonds is 2. The molecule has 2 aliphatic rings. The van der Waals surface area contributed by atoms with Crippen LogP contribution in [-0.4, -0.2) is 25.7 Å². The molecule has 1 saturated carbocycles. The standard InChI is InChI=1S/C17H24Cl2N2/c1-12-9-15(19)17(10-14(12)18)21-8-7-20-16(11-21)13-5-3-2-4-6-13/h9-10,13,16,20H,2-8,11H2,1H3. The molecule has 1 saturated heterocycles. The summed E-state index contributed by atoms with van der Waals surface area (Å²) in [5.41, 5.74) is 2.14. The van der Waals surface area contributed by atoms with Crippen molar-refractivity contribution >= 4 is 28.9 Å². The lowest BCUT2D eigenvalue weighted by Gasteiger charge is -2.40. The average molecular weight is 327 g/mol. The number of hydrogen-bond donors (Lipinski definition) is 1. The summed E-state index contributed by atoms with van der Waals surface area (Å²) < 4.78 is 0. The van der Waals surface area contributed by atoms with Gasteiger partial charge in [0.1, 0.15) is 0 Å². The molecule has 1 aromatic carbocycles. The summed E-state index contributed by atoms with van der Waals surface area (Å²) in [6.45, 7) is 5.08. The maximum Gasteiger partial charge on any atom is 0.0643 e. The Kier molecular flexibility index (Phi) is 4.98. The zero-order valence-corrected chi connectivity index (χ0v) is 14.2. The van der Waals surface area contributed by atoms with E-state index in [1.807, 2.05) is 19.1 Å². The van der Waals surface area contributed by atoms with Gasteiger partial charge in [-0.05, 0) is 43.4 Å². The van der Waals surface area contributed by atoms with E-state index in [1.165, 1.54) is 32.1 Å². The molecule has 0 amide bonds. The maximum absolute atomic E-state index is 6.45. The Morgan fingerprint density at radius 3 is 2.62 bits per heavy atom. The molecule has 0 aromatic heterocycles. The van der Waals surface area contributed by atoms with Crippen molar-refractivity contribution in [1.29, 1.82) is 0 Å². The van der Waals surface area contributed by atoms with E-state index in [-0.39, 0.29) is 0 Å². The average Bonchev–Trinajstić information content (AvgIpc) is 2.52. The van der Waals surface area contributed by atoms with Gasteiger partial charge in [-0.25, -0.2) is 0 Å². The van der Waals surface area contributed by atoms with E-state index in [1.54, 1.807) is 0 Å². The molecular formula is C17H24Cl2N2. The van der Waals surface area contributed by atoms with Gasteiger partial charge in [-0.15, -0.1) is 0 Å². The first-order valence-electron chi connectivity index (χ1n) is 8.09. The van der Waals surface area contributed by atoms with Crippen molar-refractivity contribution in [2.75, 3.05) is 24.5 Å². The highest BCUT2D eigenvalue weighted by Crippen LogP contribution is 2.34. The van der Waals surface area contributed by atoms with Crippen molar-refractivity contribution < 1.29 is 0 Å². The van der Waals surface area contributed by atoms with Gasteiger partial charge >= 0.3 is 0 Å². The van der Waals surface area contributed by atoms with Crippen LogP contribution in [0.5, 0.6) is 0 Å². The van der Waals surface area contributed by atoms with Crippen LogP contribution in [0.2, 0.25) is 10.0 Å². The summed E-state index contributed by atoms with van der Waals surface area (Å²) in [7, 11) is 0. The number of anilines is 1. The van der Waals surface area contributed by atoms with E-state index in [9.17, 15) is 0 Å². The van der Waals surface area contributed by atoms with Crippen LogP contribution in [0.15, 0.2) is 12.1 Å². The van der Waals surface area contributed by atoms with Crippen molar-refractivity contribution in [3.63, 3.8) is 0 Å². The molecule has 4 heteroatoms. The van der Waals surface area contributed by atoms with Crippen LogP contribution in [0.4, 0.5) is 5.69 Å². The fraction of sp³-hybridized carbons (Fsp3) is 0.647. The van der Waals surface area contributed by atoms with E-state index in [0.717, 1.165) is 46.8 Å². The fourth-order valence-corrected chi connectivity index (χ4v) is 4.22. The highest BCUT2D eigenvalue weighted by atomic mass is 35.5. The molecular weight excluding hydrogens is 303 g/mol. The Morgan fingerprint density at radius 1 is 1.10 bits per heavy atom. The first-order chi connectivity index (χ1) is 10.1. The molecule has 1 aliphatic carbocycles. The van der Waals surface area contributed by atoms with Gasteiger partial charge in [0.15, 0.2) is 0 Å². The highest BCUT2D eigenvalue weighted by Gasteiger charge is 2.28. The second-order valence-corrected chi connectivity index (χ2v) is 7.27. The Balaban J connectivity index is 1.75. The van der Waals surface area contributed by atoms with Gasteiger partial charge < -0.3 is 10.2 Å². The van der Waals surface area contributed by atoms with Gasteiger partial charge in [0.2, 0.25) is 0 Å². The minimum Gasteiger partial charge on any atom is -0.367 e. The molecule has 3 rings (SSSR count). The zero-order chi connectivity index (χ0) is 14.8. The lowest BCUT2D eigenvalue weighted by molar-refractivity contribution is 0.257. The van der Waals surface area contributed by atoms with Gasteiger partial charge in [-0.1, -0.05) is 42.5 Å². The van der Waals surface area contributed by atoms with Crippen LogP contribution in [0.1, 0.15) is 37.7 Å². The molecule has 1 N–H and O–H groups in total. The Hall–Kier alpha value is -0.440. The largest absolute Gasteiger partial charge is 0.367 e. The molecule has 0 spiro atoms. The first-order valence-corrected chi connectivity index (χ1v) is 8.84. The van der Waals surface area contributed by atoms with Crippen molar-refractivity contribution in [1.82, 2.24) is 5.32 Å². The molecule has 0 radical (unpaired) electrons. The van der Waals surface area contributed by atoms with Crippen molar-refractivity contribution in [2.24, 2.45) is 5.92 Å².